The van der Waals surface area contributed by atoms with Crippen molar-refractivity contribution in [3.8, 4) is 0 Å². The van der Waals surface area contributed by atoms with Gasteiger partial charge in [-0.25, -0.2) is 4.98 Å². The summed E-state index contributed by atoms with van der Waals surface area (Å²) in [6.45, 7) is 0.600. The highest BCUT2D eigenvalue weighted by Crippen LogP contribution is 2.16. The van der Waals surface area contributed by atoms with Crippen LogP contribution >= 0.6 is 15.9 Å². The summed E-state index contributed by atoms with van der Waals surface area (Å²) in [6, 6.07) is 5.40. The number of hydrogen-bond donors (Lipinski definition) is 1. The van der Waals surface area contributed by atoms with Crippen LogP contribution in [0.2, 0.25) is 0 Å². The van der Waals surface area contributed by atoms with Crippen molar-refractivity contribution >= 4 is 27.7 Å². The molecule has 0 aliphatic heterocycles. The molecule has 0 saturated carbocycles. The lowest BCUT2D eigenvalue weighted by molar-refractivity contribution is 0.506. The molecular formula is C10H11BrN4O. The molecule has 0 aliphatic rings. The van der Waals surface area contributed by atoms with Gasteiger partial charge in [0.2, 0.25) is 5.95 Å². The lowest BCUT2D eigenvalue weighted by Gasteiger charge is -2.15. The monoisotopic (exact) mass is 282 g/mol. The van der Waals surface area contributed by atoms with Crippen LogP contribution in [0.4, 0.5) is 11.8 Å². The second-order valence-corrected chi connectivity index (χ2v) is 4.16. The van der Waals surface area contributed by atoms with E-state index in [1.54, 1.807) is 12.3 Å². The normalized spacial score (nSPS) is 10.4. The van der Waals surface area contributed by atoms with Gasteiger partial charge in [0.1, 0.15) is 16.2 Å². The summed E-state index contributed by atoms with van der Waals surface area (Å²) in [5.41, 5.74) is 5.64. The second-order valence-electron chi connectivity index (χ2n) is 3.35. The molecule has 0 radical (unpaired) electrons. The topological polar surface area (TPSA) is 68.2 Å². The molecule has 0 spiro atoms. The van der Waals surface area contributed by atoms with E-state index in [4.69, 9.17) is 10.2 Å². The lowest BCUT2D eigenvalue weighted by atomic mass is 10.4. The van der Waals surface area contributed by atoms with E-state index >= 15 is 0 Å². The Morgan fingerprint density at radius 3 is 2.94 bits per heavy atom. The number of halogens is 1. The SMILES string of the molecule is CN(Cc1ccco1)c1nc(N)cc(Br)n1. The van der Waals surface area contributed by atoms with Crippen molar-refractivity contribution in [2.75, 3.05) is 17.7 Å². The van der Waals surface area contributed by atoms with Crippen LogP contribution in [0.15, 0.2) is 33.5 Å². The summed E-state index contributed by atoms with van der Waals surface area (Å²) in [4.78, 5) is 10.2. The molecule has 0 amide bonds. The number of aromatic nitrogens is 2. The predicted octanol–water partition coefficient (Wildman–Crippen LogP) is 2.05. The molecule has 0 bridgehead atoms. The van der Waals surface area contributed by atoms with Gasteiger partial charge in [-0.3, -0.25) is 0 Å². The third kappa shape index (κ3) is 2.52. The van der Waals surface area contributed by atoms with Crippen molar-refractivity contribution in [3.63, 3.8) is 0 Å². The highest BCUT2D eigenvalue weighted by atomic mass is 79.9. The first-order chi connectivity index (χ1) is 7.65. The van der Waals surface area contributed by atoms with Crippen LogP contribution < -0.4 is 10.6 Å². The Morgan fingerprint density at radius 1 is 1.50 bits per heavy atom. The summed E-state index contributed by atoms with van der Waals surface area (Å²) in [5, 5.41) is 0. The van der Waals surface area contributed by atoms with Crippen LogP contribution in [0.25, 0.3) is 0 Å². The molecule has 5 nitrogen and oxygen atoms in total. The van der Waals surface area contributed by atoms with E-state index in [0.29, 0.717) is 22.9 Å². The summed E-state index contributed by atoms with van der Waals surface area (Å²) < 4.78 is 5.91. The summed E-state index contributed by atoms with van der Waals surface area (Å²) in [5.74, 6) is 1.84. The predicted molar refractivity (Wildman–Crippen MR) is 65.0 cm³/mol. The van der Waals surface area contributed by atoms with Crippen molar-refractivity contribution < 1.29 is 4.42 Å². The minimum atomic E-state index is 0.433. The fourth-order valence-corrected chi connectivity index (χ4v) is 1.69. The summed E-state index contributed by atoms with van der Waals surface area (Å²) >= 11 is 3.28. The highest BCUT2D eigenvalue weighted by Gasteiger charge is 2.08. The average molecular weight is 283 g/mol. The van der Waals surface area contributed by atoms with Crippen LogP contribution in [0.5, 0.6) is 0 Å². The van der Waals surface area contributed by atoms with E-state index in [0.717, 1.165) is 5.76 Å². The van der Waals surface area contributed by atoms with E-state index in [9.17, 15) is 0 Å². The number of hydrogen-bond acceptors (Lipinski definition) is 5. The summed E-state index contributed by atoms with van der Waals surface area (Å²) in [6.07, 6.45) is 1.64. The Hall–Kier alpha value is -1.56. The minimum absolute atomic E-state index is 0.433. The van der Waals surface area contributed by atoms with E-state index < -0.39 is 0 Å². The van der Waals surface area contributed by atoms with Gasteiger partial charge in [-0.2, -0.15) is 4.98 Å². The molecule has 2 aromatic rings. The van der Waals surface area contributed by atoms with E-state index in [2.05, 4.69) is 25.9 Å². The lowest BCUT2D eigenvalue weighted by Crippen LogP contribution is -2.19. The third-order valence-electron chi connectivity index (χ3n) is 2.02. The largest absolute Gasteiger partial charge is 0.467 e. The maximum absolute atomic E-state index is 5.64. The van der Waals surface area contributed by atoms with Gasteiger partial charge < -0.3 is 15.1 Å². The van der Waals surface area contributed by atoms with Crippen LogP contribution in [-0.4, -0.2) is 17.0 Å². The Balaban J connectivity index is 2.17. The van der Waals surface area contributed by atoms with Crippen LogP contribution in [0, 0.1) is 0 Å². The molecule has 84 valence electrons. The number of nitrogens with zero attached hydrogens (tertiary/aromatic N) is 3. The first kappa shape index (κ1) is 10.9. The summed E-state index contributed by atoms with van der Waals surface area (Å²) in [7, 11) is 1.88. The number of rotatable bonds is 3. The van der Waals surface area contributed by atoms with Crippen molar-refractivity contribution in [2.45, 2.75) is 6.54 Å². The Labute approximate surface area is 101 Å². The zero-order valence-electron chi connectivity index (χ0n) is 8.72. The van der Waals surface area contributed by atoms with E-state index in [1.165, 1.54) is 0 Å². The minimum Gasteiger partial charge on any atom is -0.467 e. The first-order valence-corrected chi connectivity index (χ1v) is 5.48. The molecule has 2 heterocycles. The molecule has 2 aromatic heterocycles. The van der Waals surface area contributed by atoms with Crippen molar-refractivity contribution in [3.05, 3.63) is 34.8 Å². The van der Waals surface area contributed by atoms with Gasteiger partial charge in [0.15, 0.2) is 0 Å². The first-order valence-electron chi connectivity index (χ1n) is 4.69. The van der Waals surface area contributed by atoms with E-state index in [-0.39, 0.29) is 0 Å². The van der Waals surface area contributed by atoms with Crippen molar-refractivity contribution in [2.24, 2.45) is 0 Å². The number of anilines is 2. The van der Waals surface area contributed by atoms with Gasteiger partial charge in [0.25, 0.3) is 0 Å². The molecular weight excluding hydrogens is 272 g/mol. The van der Waals surface area contributed by atoms with Gasteiger partial charge in [-0.05, 0) is 28.1 Å². The maximum Gasteiger partial charge on any atom is 0.228 e. The van der Waals surface area contributed by atoms with Gasteiger partial charge in [-0.1, -0.05) is 0 Å². The molecule has 2 rings (SSSR count). The van der Waals surface area contributed by atoms with Crippen molar-refractivity contribution in [1.29, 1.82) is 0 Å². The van der Waals surface area contributed by atoms with Crippen molar-refractivity contribution in [1.82, 2.24) is 9.97 Å². The van der Waals surface area contributed by atoms with Gasteiger partial charge in [-0.15, -0.1) is 0 Å². The Kier molecular flexibility index (Phi) is 3.09. The standard InChI is InChI=1S/C10H11BrN4O/c1-15(6-7-3-2-4-16-7)10-13-8(11)5-9(12)14-10/h2-5H,6H2,1H3,(H2,12,13,14). The quantitative estimate of drug-likeness (QED) is 0.873. The molecule has 0 saturated heterocycles. The Morgan fingerprint density at radius 2 is 2.31 bits per heavy atom. The van der Waals surface area contributed by atoms with E-state index in [1.807, 2.05) is 24.1 Å². The van der Waals surface area contributed by atoms with Gasteiger partial charge in [0.05, 0.1) is 12.8 Å². The van der Waals surface area contributed by atoms with Gasteiger partial charge in [0, 0.05) is 13.1 Å². The molecule has 0 atom stereocenters. The molecule has 0 fully saturated rings. The molecule has 16 heavy (non-hydrogen) atoms. The molecule has 0 aromatic carbocycles. The molecule has 0 unspecified atom stereocenters. The second kappa shape index (κ2) is 4.52. The van der Waals surface area contributed by atoms with Gasteiger partial charge >= 0.3 is 0 Å². The van der Waals surface area contributed by atoms with Crippen LogP contribution in [-0.2, 0) is 6.54 Å². The fourth-order valence-electron chi connectivity index (χ4n) is 1.30. The zero-order chi connectivity index (χ0) is 11.5. The molecule has 6 heteroatoms. The van der Waals surface area contributed by atoms with Crippen LogP contribution in [0.1, 0.15) is 5.76 Å². The highest BCUT2D eigenvalue weighted by molar-refractivity contribution is 9.10. The zero-order valence-corrected chi connectivity index (χ0v) is 10.3. The fraction of sp³-hybridized carbons (Fsp3) is 0.200. The number of nitrogen functional groups attached to an aromatic ring is 1. The maximum atomic E-state index is 5.64. The third-order valence-corrected chi connectivity index (χ3v) is 2.42. The molecule has 2 N–H and O–H groups in total. The van der Waals surface area contributed by atoms with Crippen LogP contribution in [0.3, 0.4) is 0 Å². The number of furan rings is 1. The Bertz CT molecular complexity index is 451. The smallest absolute Gasteiger partial charge is 0.228 e. The molecule has 0 aliphatic carbocycles. The average Bonchev–Trinajstić information content (AvgIpc) is 2.68. The number of nitrogens with two attached hydrogens (primary N) is 1.